The van der Waals surface area contributed by atoms with Crippen molar-refractivity contribution in [1.29, 1.82) is 0 Å². The molecule has 1 saturated heterocycles. The second-order valence-corrected chi connectivity index (χ2v) is 8.14. The van der Waals surface area contributed by atoms with Crippen LogP contribution in [-0.4, -0.2) is 50.9 Å². The highest BCUT2D eigenvalue weighted by Gasteiger charge is 2.27. The maximum Gasteiger partial charge on any atom is 0.218 e. The molecule has 0 spiro atoms. The van der Waals surface area contributed by atoms with Crippen LogP contribution in [0, 0.1) is 0 Å². The number of amides is 1. The number of primary amides is 1. The fourth-order valence-electron chi connectivity index (χ4n) is 2.91. The minimum Gasteiger partial charge on any atom is -0.497 e. The molecular formula is C16H24N2O4S. The van der Waals surface area contributed by atoms with E-state index in [1.54, 1.807) is 7.11 Å². The molecule has 0 radical (unpaired) electrons. The van der Waals surface area contributed by atoms with E-state index in [0.29, 0.717) is 6.54 Å². The maximum absolute atomic E-state index is 12.0. The first-order valence-electron chi connectivity index (χ1n) is 7.78. The molecule has 1 amide bonds. The van der Waals surface area contributed by atoms with Gasteiger partial charge in [0.25, 0.3) is 0 Å². The lowest BCUT2D eigenvalue weighted by molar-refractivity contribution is -0.117. The highest BCUT2D eigenvalue weighted by molar-refractivity contribution is 7.91. The Kier molecular flexibility index (Phi) is 6.01. The number of ether oxygens (including phenoxy) is 1. The Morgan fingerprint density at radius 3 is 2.61 bits per heavy atom. The van der Waals surface area contributed by atoms with Crippen LogP contribution in [0.15, 0.2) is 24.3 Å². The molecule has 2 rings (SSSR count). The Labute approximate surface area is 137 Å². The molecule has 23 heavy (non-hydrogen) atoms. The van der Waals surface area contributed by atoms with Gasteiger partial charge in [0.1, 0.15) is 5.75 Å². The number of benzene rings is 1. The third-order valence-electron chi connectivity index (χ3n) is 4.21. The van der Waals surface area contributed by atoms with Crippen LogP contribution in [0.2, 0.25) is 0 Å². The second kappa shape index (κ2) is 7.79. The van der Waals surface area contributed by atoms with Crippen LogP contribution in [-0.2, 0) is 14.6 Å². The van der Waals surface area contributed by atoms with Crippen LogP contribution in [0.25, 0.3) is 0 Å². The summed E-state index contributed by atoms with van der Waals surface area (Å²) in [6.45, 7) is 1.37. The number of likely N-dealkylation sites (tertiary alicyclic amines) is 1. The fourth-order valence-corrected chi connectivity index (χ4v) is 4.14. The quantitative estimate of drug-likeness (QED) is 0.766. The zero-order valence-electron chi connectivity index (χ0n) is 13.4. The largest absolute Gasteiger partial charge is 0.497 e. The molecular weight excluding hydrogens is 316 g/mol. The van der Waals surface area contributed by atoms with Crippen LogP contribution in [0.3, 0.4) is 0 Å². The Balaban J connectivity index is 1.94. The van der Waals surface area contributed by atoms with Gasteiger partial charge in [-0.3, -0.25) is 9.69 Å². The number of hydrogen-bond acceptors (Lipinski definition) is 5. The zero-order valence-corrected chi connectivity index (χ0v) is 14.2. The van der Waals surface area contributed by atoms with Crippen molar-refractivity contribution >= 4 is 15.7 Å². The summed E-state index contributed by atoms with van der Waals surface area (Å²) in [6.07, 6.45) is 1.97. The first-order valence-corrected chi connectivity index (χ1v) is 9.60. The predicted molar refractivity (Wildman–Crippen MR) is 89.0 cm³/mol. The van der Waals surface area contributed by atoms with Crippen molar-refractivity contribution in [1.82, 2.24) is 4.90 Å². The number of nitrogens with zero attached hydrogens (tertiary/aromatic N) is 1. The number of nitrogens with two attached hydrogens (primary N) is 1. The lowest BCUT2D eigenvalue weighted by atomic mass is 10.0. The molecule has 1 atom stereocenters. The monoisotopic (exact) mass is 340 g/mol. The molecule has 0 saturated carbocycles. The molecule has 128 valence electrons. The molecule has 6 nitrogen and oxygen atoms in total. The Hall–Kier alpha value is -1.60. The smallest absolute Gasteiger partial charge is 0.218 e. The molecule has 2 N–H and O–H groups in total. The van der Waals surface area contributed by atoms with Gasteiger partial charge in [-0.2, -0.15) is 0 Å². The SMILES string of the molecule is COc1ccc(C2CCCN2CCS(=O)(=O)CCC(N)=O)cc1. The zero-order chi connectivity index (χ0) is 16.9. The summed E-state index contributed by atoms with van der Waals surface area (Å²) in [5, 5.41) is 0. The van der Waals surface area contributed by atoms with Crippen LogP contribution in [0.4, 0.5) is 0 Å². The second-order valence-electron chi connectivity index (χ2n) is 5.84. The number of hydrogen-bond donors (Lipinski definition) is 1. The summed E-state index contributed by atoms with van der Waals surface area (Å²) in [4.78, 5) is 12.9. The van der Waals surface area contributed by atoms with Crippen LogP contribution in [0.1, 0.15) is 30.9 Å². The van der Waals surface area contributed by atoms with Crippen molar-refractivity contribution < 1.29 is 17.9 Å². The van der Waals surface area contributed by atoms with E-state index in [-0.39, 0.29) is 24.0 Å². The fraction of sp³-hybridized carbons (Fsp3) is 0.562. The first kappa shape index (κ1) is 17.7. The van der Waals surface area contributed by atoms with Gasteiger partial charge in [0.15, 0.2) is 9.84 Å². The van der Waals surface area contributed by atoms with Gasteiger partial charge in [0.05, 0.1) is 18.6 Å². The highest BCUT2D eigenvalue weighted by Crippen LogP contribution is 2.32. The van der Waals surface area contributed by atoms with E-state index >= 15 is 0 Å². The van der Waals surface area contributed by atoms with Crippen molar-refractivity contribution in [3.05, 3.63) is 29.8 Å². The van der Waals surface area contributed by atoms with E-state index in [9.17, 15) is 13.2 Å². The van der Waals surface area contributed by atoms with Gasteiger partial charge in [-0.15, -0.1) is 0 Å². The summed E-state index contributed by atoms with van der Waals surface area (Å²) in [7, 11) is -1.61. The average molecular weight is 340 g/mol. The lowest BCUT2D eigenvalue weighted by Gasteiger charge is -2.24. The van der Waals surface area contributed by atoms with E-state index in [2.05, 4.69) is 4.90 Å². The van der Waals surface area contributed by atoms with Gasteiger partial charge < -0.3 is 10.5 Å². The van der Waals surface area contributed by atoms with Gasteiger partial charge in [-0.1, -0.05) is 12.1 Å². The van der Waals surface area contributed by atoms with E-state index < -0.39 is 15.7 Å². The summed E-state index contributed by atoms with van der Waals surface area (Å²) < 4.78 is 29.1. The Bertz CT molecular complexity index is 628. The molecule has 7 heteroatoms. The summed E-state index contributed by atoms with van der Waals surface area (Å²) in [5.74, 6) is 0.134. The molecule has 0 aliphatic carbocycles. The minimum atomic E-state index is -3.24. The third-order valence-corrected chi connectivity index (χ3v) is 5.84. The highest BCUT2D eigenvalue weighted by atomic mass is 32.2. The molecule has 1 aromatic carbocycles. The van der Waals surface area contributed by atoms with Gasteiger partial charge >= 0.3 is 0 Å². The summed E-state index contributed by atoms with van der Waals surface area (Å²) in [6, 6.07) is 8.16. The molecule has 1 aliphatic rings. The van der Waals surface area contributed by atoms with Crippen LogP contribution in [0.5, 0.6) is 5.75 Å². The van der Waals surface area contributed by atoms with Gasteiger partial charge in [0, 0.05) is 19.0 Å². The van der Waals surface area contributed by atoms with E-state index in [0.717, 1.165) is 25.1 Å². The topological polar surface area (TPSA) is 89.7 Å². The first-order chi connectivity index (χ1) is 10.9. The van der Waals surface area contributed by atoms with E-state index in [1.165, 1.54) is 5.56 Å². The standard InChI is InChI=1S/C16H24N2O4S/c1-22-14-6-4-13(5-7-14)15-3-2-9-18(15)10-12-23(20,21)11-8-16(17)19/h4-7,15H,2-3,8-12H2,1H3,(H2,17,19). The number of rotatable bonds is 8. The van der Waals surface area contributed by atoms with Crippen LogP contribution >= 0.6 is 0 Å². The number of methoxy groups -OCH3 is 1. The predicted octanol–water partition coefficient (Wildman–Crippen LogP) is 1.12. The van der Waals surface area contributed by atoms with Gasteiger partial charge in [0.2, 0.25) is 5.91 Å². The van der Waals surface area contributed by atoms with Crippen molar-refractivity contribution in [3.63, 3.8) is 0 Å². The molecule has 1 unspecified atom stereocenters. The van der Waals surface area contributed by atoms with Gasteiger partial charge in [-0.25, -0.2) is 8.42 Å². The molecule has 1 aromatic rings. The number of sulfone groups is 1. The van der Waals surface area contributed by atoms with Crippen LogP contribution < -0.4 is 10.5 Å². The number of carbonyl (C=O) groups is 1. The van der Waals surface area contributed by atoms with Crippen molar-refractivity contribution in [3.8, 4) is 5.75 Å². The van der Waals surface area contributed by atoms with E-state index in [4.69, 9.17) is 10.5 Å². The van der Waals surface area contributed by atoms with Crippen molar-refractivity contribution in [2.75, 3.05) is 31.7 Å². The van der Waals surface area contributed by atoms with Crippen molar-refractivity contribution in [2.45, 2.75) is 25.3 Å². The Morgan fingerprint density at radius 2 is 2.00 bits per heavy atom. The molecule has 0 aromatic heterocycles. The normalized spacial score (nSPS) is 18.9. The van der Waals surface area contributed by atoms with Crippen molar-refractivity contribution in [2.24, 2.45) is 5.73 Å². The van der Waals surface area contributed by atoms with E-state index in [1.807, 2.05) is 24.3 Å². The molecule has 0 bridgehead atoms. The number of carbonyl (C=O) groups excluding carboxylic acids is 1. The maximum atomic E-state index is 12.0. The summed E-state index contributed by atoms with van der Waals surface area (Å²) >= 11 is 0. The minimum absolute atomic E-state index is 0.0624. The molecule has 1 fully saturated rings. The van der Waals surface area contributed by atoms with Gasteiger partial charge in [-0.05, 0) is 37.1 Å². The summed E-state index contributed by atoms with van der Waals surface area (Å²) in [5.41, 5.74) is 6.19. The Morgan fingerprint density at radius 1 is 1.30 bits per heavy atom. The molecule has 1 aliphatic heterocycles. The average Bonchev–Trinajstić information content (AvgIpc) is 3.00. The molecule has 1 heterocycles. The third kappa shape index (κ3) is 5.21. The lowest BCUT2D eigenvalue weighted by Crippen LogP contribution is -2.30.